The fourth-order valence-electron chi connectivity index (χ4n) is 4.31. The van der Waals surface area contributed by atoms with Crippen LogP contribution in [0, 0.1) is 0 Å². The number of nitrogens with zero attached hydrogens (tertiary/aromatic N) is 1. The van der Waals surface area contributed by atoms with Crippen LogP contribution in [-0.2, 0) is 5.41 Å². The summed E-state index contributed by atoms with van der Waals surface area (Å²) in [4.78, 5) is 2.33. The van der Waals surface area contributed by atoms with Crippen LogP contribution in [-0.4, -0.2) is 7.05 Å². The Hall–Kier alpha value is -1.99. The fourth-order valence-corrected chi connectivity index (χ4v) is 4.57. The molecule has 2 heteroatoms. The van der Waals surface area contributed by atoms with Crippen molar-refractivity contribution in [2.75, 3.05) is 11.9 Å². The molecule has 0 spiro atoms. The van der Waals surface area contributed by atoms with Gasteiger partial charge in [0.25, 0.3) is 0 Å². The second kappa shape index (κ2) is 6.07. The number of fused-ring (bicyclic) bond motifs is 3. The summed E-state index contributed by atoms with van der Waals surface area (Å²) in [7, 11) is 2.17. The van der Waals surface area contributed by atoms with Crippen LogP contribution in [0.15, 0.2) is 70.9 Å². The third kappa shape index (κ3) is 2.62. The average molecular weight is 350 g/mol. The molecule has 2 aromatic carbocycles. The van der Waals surface area contributed by atoms with Crippen LogP contribution < -0.4 is 4.90 Å². The smallest absolute Gasteiger partial charge is 0.0454 e. The molecule has 0 atom stereocenters. The molecule has 0 N–H and O–H groups in total. The highest BCUT2D eigenvalue weighted by Crippen LogP contribution is 2.50. The lowest BCUT2D eigenvalue weighted by Crippen LogP contribution is -2.22. The van der Waals surface area contributed by atoms with Gasteiger partial charge in [-0.2, -0.15) is 0 Å². The SMILES string of the molecule is CN1/C(=C/C=C2\CCCC=C2Cl)C(C)(C)c2c1ccc1ccccc21. The van der Waals surface area contributed by atoms with E-state index in [1.807, 2.05) is 0 Å². The summed E-state index contributed by atoms with van der Waals surface area (Å²) >= 11 is 6.39. The van der Waals surface area contributed by atoms with Crippen molar-refractivity contribution < 1.29 is 0 Å². The monoisotopic (exact) mass is 349 g/mol. The molecule has 4 rings (SSSR count). The van der Waals surface area contributed by atoms with Gasteiger partial charge in [0.15, 0.2) is 0 Å². The molecule has 0 amide bonds. The third-order valence-electron chi connectivity index (χ3n) is 5.62. The van der Waals surface area contributed by atoms with Gasteiger partial charge in [0.05, 0.1) is 0 Å². The first kappa shape index (κ1) is 16.5. The van der Waals surface area contributed by atoms with Crippen molar-refractivity contribution in [3.63, 3.8) is 0 Å². The molecule has 0 fully saturated rings. The highest BCUT2D eigenvalue weighted by molar-refractivity contribution is 6.32. The molecule has 0 bridgehead atoms. The van der Waals surface area contributed by atoms with Crippen molar-refractivity contribution in [2.45, 2.75) is 38.5 Å². The van der Waals surface area contributed by atoms with E-state index in [1.54, 1.807) is 0 Å². The van der Waals surface area contributed by atoms with Crippen LogP contribution in [0.1, 0.15) is 38.7 Å². The number of benzene rings is 2. The summed E-state index contributed by atoms with van der Waals surface area (Å²) < 4.78 is 0. The minimum atomic E-state index is -0.0349. The number of hydrogen-bond donors (Lipinski definition) is 0. The van der Waals surface area contributed by atoms with Crippen LogP contribution >= 0.6 is 11.6 Å². The number of allylic oxidation sites excluding steroid dienone is 6. The second-order valence-electron chi connectivity index (χ2n) is 7.55. The molecule has 0 radical (unpaired) electrons. The molecule has 128 valence electrons. The zero-order valence-corrected chi connectivity index (χ0v) is 15.9. The molecule has 1 heterocycles. The summed E-state index contributed by atoms with van der Waals surface area (Å²) in [5.41, 5.74) is 5.26. The molecule has 0 aromatic heterocycles. The van der Waals surface area contributed by atoms with Crippen LogP contribution in [0.2, 0.25) is 0 Å². The number of anilines is 1. The minimum Gasteiger partial charge on any atom is -0.347 e. The zero-order valence-electron chi connectivity index (χ0n) is 15.1. The highest BCUT2D eigenvalue weighted by atomic mass is 35.5. The Morgan fingerprint density at radius 3 is 2.68 bits per heavy atom. The van der Waals surface area contributed by atoms with Gasteiger partial charge in [-0.25, -0.2) is 0 Å². The van der Waals surface area contributed by atoms with Gasteiger partial charge < -0.3 is 4.90 Å². The topological polar surface area (TPSA) is 3.24 Å². The van der Waals surface area contributed by atoms with Crippen molar-refractivity contribution in [1.82, 2.24) is 0 Å². The Morgan fingerprint density at radius 2 is 1.88 bits per heavy atom. The Bertz CT molecular complexity index is 930. The van der Waals surface area contributed by atoms with Crippen molar-refractivity contribution in [3.8, 4) is 0 Å². The van der Waals surface area contributed by atoms with Gasteiger partial charge in [-0.05, 0) is 53.3 Å². The molecular weight excluding hydrogens is 326 g/mol. The van der Waals surface area contributed by atoms with Crippen molar-refractivity contribution in [1.29, 1.82) is 0 Å². The van der Waals surface area contributed by atoms with E-state index in [4.69, 9.17) is 11.6 Å². The predicted octanol–water partition coefficient (Wildman–Crippen LogP) is 6.68. The zero-order chi connectivity index (χ0) is 17.6. The number of hydrogen-bond acceptors (Lipinski definition) is 1. The van der Waals surface area contributed by atoms with Gasteiger partial charge in [-0.1, -0.05) is 67.9 Å². The summed E-state index contributed by atoms with van der Waals surface area (Å²) in [6, 6.07) is 13.2. The van der Waals surface area contributed by atoms with Gasteiger partial charge in [-0.3, -0.25) is 0 Å². The second-order valence-corrected chi connectivity index (χ2v) is 7.96. The van der Waals surface area contributed by atoms with Crippen molar-refractivity contribution >= 4 is 28.1 Å². The van der Waals surface area contributed by atoms with Gasteiger partial charge in [0, 0.05) is 28.9 Å². The van der Waals surface area contributed by atoms with Crippen LogP contribution in [0.4, 0.5) is 5.69 Å². The molecular formula is C23H24ClN. The fraction of sp³-hybridized carbons (Fsp3) is 0.304. The van der Waals surface area contributed by atoms with E-state index in [0.29, 0.717) is 0 Å². The third-order valence-corrected chi connectivity index (χ3v) is 6.02. The Labute approximate surface area is 155 Å². The van der Waals surface area contributed by atoms with Crippen LogP contribution in [0.5, 0.6) is 0 Å². The standard InChI is InChI=1S/C23H24ClN/c1-23(2)21(15-13-17-9-5-7-11-19(17)24)25(3)20-14-12-16-8-4-6-10-18(16)22(20)23/h4,6,8,10-15H,5,7,9H2,1-3H3/b17-13+,21-15+. The van der Waals surface area contributed by atoms with E-state index in [0.717, 1.165) is 17.9 Å². The van der Waals surface area contributed by atoms with E-state index in [2.05, 4.69) is 80.4 Å². The summed E-state index contributed by atoms with van der Waals surface area (Å²) in [6.45, 7) is 4.65. The quantitative estimate of drug-likeness (QED) is 0.554. The Balaban J connectivity index is 1.85. The Kier molecular flexibility index (Phi) is 4.00. The molecule has 0 saturated heterocycles. The molecule has 25 heavy (non-hydrogen) atoms. The number of halogens is 1. The minimum absolute atomic E-state index is 0.0349. The van der Waals surface area contributed by atoms with E-state index in [1.165, 1.54) is 39.7 Å². The van der Waals surface area contributed by atoms with Gasteiger partial charge in [0.2, 0.25) is 0 Å². The van der Waals surface area contributed by atoms with Crippen molar-refractivity contribution in [2.24, 2.45) is 0 Å². The number of likely N-dealkylation sites (N-methyl/N-ethyl adjacent to an activating group) is 1. The average Bonchev–Trinajstić information content (AvgIpc) is 2.81. The molecule has 2 aromatic rings. The lowest BCUT2D eigenvalue weighted by atomic mass is 9.81. The van der Waals surface area contributed by atoms with E-state index < -0.39 is 0 Å². The summed E-state index contributed by atoms with van der Waals surface area (Å²) in [6.07, 6.45) is 9.98. The first-order valence-electron chi connectivity index (χ1n) is 9.03. The maximum absolute atomic E-state index is 6.39. The first-order chi connectivity index (χ1) is 12.0. The van der Waals surface area contributed by atoms with E-state index >= 15 is 0 Å². The molecule has 0 saturated carbocycles. The summed E-state index contributed by atoms with van der Waals surface area (Å²) in [5, 5.41) is 3.58. The van der Waals surface area contributed by atoms with E-state index in [9.17, 15) is 0 Å². The van der Waals surface area contributed by atoms with Crippen LogP contribution in [0.25, 0.3) is 10.8 Å². The molecule has 0 unspecified atom stereocenters. The molecule has 1 aliphatic carbocycles. The largest absolute Gasteiger partial charge is 0.347 e. The molecule has 2 aliphatic rings. The lowest BCUT2D eigenvalue weighted by Gasteiger charge is -2.24. The molecule has 1 nitrogen and oxygen atoms in total. The Morgan fingerprint density at radius 1 is 1.08 bits per heavy atom. The number of rotatable bonds is 1. The van der Waals surface area contributed by atoms with E-state index in [-0.39, 0.29) is 5.41 Å². The van der Waals surface area contributed by atoms with Gasteiger partial charge in [-0.15, -0.1) is 0 Å². The van der Waals surface area contributed by atoms with Crippen molar-refractivity contribution in [3.05, 3.63) is 76.5 Å². The predicted molar refractivity (Wildman–Crippen MR) is 109 cm³/mol. The lowest BCUT2D eigenvalue weighted by molar-refractivity contribution is 0.645. The maximum atomic E-state index is 6.39. The molecule has 1 aliphatic heterocycles. The van der Waals surface area contributed by atoms with Gasteiger partial charge in [0.1, 0.15) is 0 Å². The van der Waals surface area contributed by atoms with Gasteiger partial charge >= 0.3 is 0 Å². The highest BCUT2D eigenvalue weighted by Gasteiger charge is 2.39. The first-order valence-corrected chi connectivity index (χ1v) is 9.41. The maximum Gasteiger partial charge on any atom is 0.0454 e. The van der Waals surface area contributed by atoms with Crippen LogP contribution in [0.3, 0.4) is 0 Å². The summed E-state index contributed by atoms with van der Waals surface area (Å²) in [5.74, 6) is 0. The normalized spacial score (nSPS) is 22.6.